The number of benzene rings is 1. The minimum absolute atomic E-state index is 0.00134. The van der Waals surface area contributed by atoms with Crippen LogP contribution in [0, 0.1) is 11.3 Å². The molecule has 1 aliphatic heterocycles. The number of amides is 1. The van der Waals surface area contributed by atoms with Crippen LogP contribution in [-0.4, -0.2) is 23.9 Å². The third-order valence-corrected chi connectivity index (χ3v) is 2.58. The van der Waals surface area contributed by atoms with Crippen molar-refractivity contribution in [1.29, 1.82) is 5.26 Å². The van der Waals surface area contributed by atoms with Gasteiger partial charge < -0.3 is 4.90 Å². The van der Waals surface area contributed by atoms with E-state index in [1.54, 1.807) is 29.2 Å². The summed E-state index contributed by atoms with van der Waals surface area (Å²) in [6.07, 6.45) is 4.98. The van der Waals surface area contributed by atoms with Crippen LogP contribution >= 0.6 is 0 Å². The molecule has 0 atom stereocenters. The normalized spacial score (nSPS) is 14.6. The molecule has 1 amide bonds. The van der Waals surface area contributed by atoms with E-state index in [-0.39, 0.29) is 5.91 Å². The third kappa shape index (κ3) is 2.12. The lowest BCUT2D eigenvalue weighted by molar-refractivity contribution is 0.0771. The van der Waals surface area contributed by atoms with Crippen LogP contribution < -0.4 is 0 Å². The quantitative estimate of drug-likeness (QED) is 0.668. The summed E-state index contributed by atoms with van der Waals surface area (Å²) in [6.45, 7) is 1.42. The van der Waals surface area contributed by atoms with Crippen molar-refractivity contribution in [1.82, 2.24) is 4.90 Å². The van der Waals surface area contributed by atoms with Gasteiger partial charge in [0.25, 0.3) is 5.91 Å². The molecule has 3 nitrogen and oxygen atoms in total. The van der Waals surface area contributed by atoms with Crippen molar-refractivity contribution in [3.63, 3.8) is 0 Å². The van der Waals surface area contributed by atoms with Gasteiger partial charge in [-0.15, -0.1) is 0 Å². The molecule has 80 valence electrons. The molecular formula is C13H12N2O. The molecule has 1 aromatic carbocycles. The van der Waals surface area contributed by atoms with Crippen LogP contribution in [0.1, 0.15) is 22.3 Å². The van der Waals surface area contributed by atoms with Gasteiger partial charge in [-0.2, -0.15) is 5.26 Å². The number of hydrogen-bond acceptors (Lipinski definition) is 2. The van der Waals surface area contributed by atoms with Crippen molar-refractivity contribution in [2.75, 3.05) is 13.1 Å². The maximum atomic E-state index is 12.1. The predicted octanol–water partition coefficient (Wildman–Crippen LogP) is 1.96. The van der Waals surface area contributed by atoms with Crippen molar-refractivity contribution >= 4 is 5.91 Å². The van der Waals surface area contributed by atoms with Crippen molar-refractivity contribution in [2.45, 2.75) is 6.42 Å². The summed E-state index contributed by atoms with van der Waals surface area (Å²) >= 11 is 0. The van der Waals surface area contributed by atoms with Crippen LogP contribution in [0.15, 0.2) is 36.4 Å². The Bertz CT molecular complexity index is 471. The molecule has 3 heteroatoms. The summed E-state index contributed by atoms with van der Waals surface area (Å²) < 4.78 is 0. The Morgan fingerprint density at radius 1 is 1.38 bits per heavy atom. The van der Waals surface area contributed by atoms with E-state index in [0.29, 0.717) is 17.7 Å². The summed E-state index contributed by atoms with van der Waals surface area (Å²) in [5.41, 5.74) is 1.12. The van der Waals surface area contributed by atoms with Gasteiger partial charge in [0.05, 0.1) is 11.6 Å². The largest absolute Gasteiger partial charge is 0.335 e. The average Bonchev–Trinajstić information content (AvgIpc) is 2.39. The van der Waals surface area contributed by atoms with Gasteiger partial charge in [0.1, 0.15) is 0 Å². The fourth-order valence-electron chi connectivity index (χ4n) is 1.73. The summed E-state index contributed by atoms with van der Waals surface area (Å²) in [5, 5.41) is 8.77. The Balaban J connectivity index is 2.20. The van der Waals surface area contributed by atoms with Crippen LogP contribution in [0.4, 0.5) is 0 Å². The Labute approximate surface area is 94.6 Å². The number of nitriles is 1. The molecule has 1 heterocycles. The van der Waals surface area contributed by atoms with Crippen molar-refractivity contribution in [3.05, 3.63) is 47.5 Å². The summed E-state index contributed by atoms with van der Waals surface area (Å²) in [6, 6.07) is 8.87. The van der Waals surface area contributed by atoms with E-state index >= 15 is 0 Å². The lowest BCUT2D eigenvalue weighted by atomic mass is 10.1. The molecule has 0 fully saturated rings. The lowest BCUT2D eigenvalue weighted by Crippen LogP contribution is -2.33. The second-order valence-electron chi connectivity index (χ2n) is 3.70. The van der Waals surface area contributed by atoms with E-state index in [0.717, 1.165) is 13.0 Å². The zero-order valence-corrected chi connectivity index (χ0v) is 8.89. The van der Waals surface area contributed by atoms with E-state index < -0.39 is 0 Å². The van der Waals surface area contributed by atoms with Crippen molar-refractivity contribution in [2.24, 2.45) is 0 Å². The average molecular weight is 212 g/mol. The monoisotopic (exact) mass is 212 g/mol. The Kier molecular flexibility index (Phi) is 3.02. The Morgan fingerprint density at radius 3 is 2.94 bits per heavy atom. The van der Waals surface area contributed by atoms with Gasteiger partial charge in [-0.05, 0) is 24.6 Å². The molecule has 0 N–H and O–H groups in total. The first-order valence-electron chi connectivity index (χ1n) is 5.25. The van der Waals surface area contributed by atoms with Crippen LogP contribution in [0.5, 0.6) is 0 Å². The molecule has 0 bridgehead atoms. The van der Waals surface area contributed by atoms with Crippen LogP contribution in [-0.2, 0) is 0 Å². The lowest BCUT2D eigenvalue weighted by Gasteiger charge is -2.23. The number of hydrogen-bond donors (Lipinski definition) is 0. The predicted molar refractivity (Wildman–Crippen MR) is 60.8 cm³/mol. The maximum absolute atomic E-state index is 12.1. The first-order chi connectivity index (χ1) is 7.81. The number of carbonyl (C=O) groups is 1. The van der Waals surface area contributed by atoms with Crippen LogP contribution in [0.25, 0.3) is 0 Å². The zero-order valence-electron chi connectivity index (χ0n) is 8.89. The Hall–Kier alpha value is -2.08. The van der Waals surface area contributed by atoms with Gasteiger partial charge >= 0.3 is 0 Å². The second-order valence-corrected chi connectivity index (χ2v) is 3.70. The van der Waals surface area contributed by atoms with Gasteiger partial charge in [0.15, 0.2) is 0 Å². The van der Waals surface area contributed by atoms with Gasteiger partial charge in [-0.3, -0.25) is 4.79 Å². The molecule has 0 aliphatic carbocycles. The molecule has 2 rings (SSSR count). The first-order valence-corrected chi connectivity index (χ1v) is 5.25. The molecule has 16 heavy (non-hydrogen) atoms. The van der Waals surface area contributed by atoms with E-state index in [2.05, 4.69) is 6.08 Å². The molecule has 0 spiro atoms. The summed E-state index contributed by atoms with van der Waals surface area (Å²) in [5.74, 6) is 0.00134. The van der Waals surface area contributed by atoms with Crippen LogP contribution in [0.3, 0.4) is 0 Å². The fraction of sp³-hybridized carbons (Fsp3) is 0.231. The molecule has 0 radical (unpaired) electrons. The molecule has 0 saturated carbocycles. The van der Waals surface area contributed by atoms with Gasteiger partial charge in [-0.1, -0.05) is 18.2 Å². The van der Waals surface area contributed by atoms with E-state index in [4.69, 9.17) is 5.26 Å². The molecule has 1 aromatic rings. The minimum Gasteiger partial charge on any atom is -0.335 e. The second kappa shape index (κ2) is 4.63. The number of carbonyl (C=O) groups excluding carboxylic acids is 1. The topological polar surface area (TPSA) is 44.1 Å². The molecule has 1 aliphatic rings. The van der Waals surface area contributed by atoms with E-state index in [1.165, 1.54) is 0 Å². The standard InChI is InChI=1S/C13H12N2O/c14-10-11-5-4-6-12(9-11)13(16)15-7-2-1-3-8-15/h1-2,4-6,9H,3,7-8H2. The highest BCUT2D eigenvalue weighted by Crippen LogP contribution is 2.10. The fourth-order valence-corrected chi connectivity index (χ4v) is 1.73. The SMILES string of the molecule is N#Cc1cccc(C(=O)N2CC=CCC2)c1. The zero-order chi connectivity index (χ0) is 11.4. The molecular weight excluding hydrogens is 200 g/mol. The van der Waals surface area contributed by atoms with Crippen molar-refractivity contribution in [3.8, 4) is 6.07 Å². The first kappa shape index (κ1) is 10.4. The minimum atomic E-state index is 0.00134. The highest BCUT2D eigenvalue weighted by Gasteiger charge is 2.15. The summed E-state index contributed by atoms with van der Waals surface area (Å²) in [4.78, 5) is 13.8. The number of rotatable bonds is 1. The number of nitrogens with zero attached hydrogens (tertiary/aromatic N) is 2. The molecule has 0 saturated heterocycles. The maximum Gasteiger partial charge on any atom is 0.254 e. The smallest absolute Gasteiger partial charge is 0.254 e. The Morgan fingerprint density at radius 2 is 2.25 bits per heavy atom. The highest BCUT2D eigenvalue weighted by atomic mass is 16.2. The van der Waals surface area contributed by atoms with Crippen molar-refractivity contribution < 1.29 is 4.79 Å². The van der Waals surface area contributed by atoms with Gasteiger partial charge in [0, 0.05) is 18.7 Å². The summed E-state index contributed by atoms with van der Waals surface area (Å²) in [7, 11) is 0. The molecule has 0 aromatic heterocycles. The van der Waals surface area contributed by atoms with Gasteiger partial charge in [-0.25, -0.2) is 0 Å². The highest BCUT2D eigenvalue weighted by molar-refractivity contribution is 5.94. The van der Waals surface area contributed by atoms with Gasteiger partial charge in [0.2, 0.25) is 0 Å². The van der Waals surface area contributed by atoms with Crippen LogP contribution in [0.2, 0.25) is 0 Å². The third-order valence-electron chi connectivity index (χ3n) is 2.58. The van der Waals surface area contributed by atoms with E-state index in [9.17, 15) is 4.79 Å². The van der Waals surface area contributed by atoms with E-state index in [1.807, 2.05) is 12.1 Å². The molecule has 0 unspecified atom stereocenters.